The smallest absolute Gasteiger partial charge is 0.293 e. The largest absolute Gasteiger partial charge is 0.323 e. The number of hydrogen-bond donors (Lipinski definition) is 1. The number of nitro benzene ring substituents is 1. The van der Waals surface area contributed by atoms with Crippen LogP contribution in [0.4, 0.5) is 11.4 Å². The normalized spacial score (nSPS) is 9.18. The predicted octanol–water partition coefficient (Wildman–Crippen LogP) is 2.36. The Kier molecular flexibility index (Phi) is 2.64. The molecule has 0 aliphatic rings. The zero-order valence-electron chi connectivity index (χ0n) is 5.45. The molecular weight excluding hydrogens is 259 g/mol. The summed E-state index contributed by atoms with van der Waals surface area (Å²) >= 11 is 1.86. The lowest BCUT2D eigenvalue weighted by Gasteiger charge is -1.97. The summed E-state index contributed by atoms with van der Waals surface area (Å²) in [7, 11) is 0. The Morgan fingerprint density at radius 2 is 2.09 bits per heavy atom. The van der Waals surface area contributed by atoms with Crippen LogP contribution in [0.25, 0.3) is 0 Å². The minimum atomic E-state index is -0.416. The van der Waals surface area contributed by atoms with Crippen LogP contribution in [0.1, 0.15) is 0 Å². The second-order valence-corrected chi connectivity index (χ2v) is 2.41. The van der Waals surface area contributed by atoms with E-state index in [1.165, 1.54) is 6.07 Å². The molecule has 0 bridgehead atoms. The highest BCUT2D eigenvalue weighted by atomic mass is 127. The predicted molar refractivity (Wildman–Crippen MR) is 50.7 cm³/mol. The number of benzene rings is 1. The third-order valence-corrected chi connectivity index (χ3v) is 1.78. The second kappa shape index (κ2) is 3.51. The first-order chi connectivity index (χ1) is 5.25. The van der Waals surface area contributed by atoms with Crippen LogP contribution in [-0.4, -0.2) is 4.92 Å². The van der Waals surface area contributed by atoms with Crippen LogP contribution in [0.15, 0.2) is 24.3 Å². The lowest BCUT2D eigenvalue weighted by atomic mass is 10.3. The van der Waals surface area contributed by atoms with Crippen LogP contribution in [0.3, 0.4) is 0 Å². The van der Waals surface area contributed by atoms with Crippen molar-refractivity contribution >= 4 is 34.2 Å². The van der Waals surface area contributed by atoms with Gasteiger partial charge in [-0.05, 0) is 6.07 Å². The van der Waals surface area contributed by atoms with Gasteiger partial charge in [0.15, 0.2) is 0 Å². The number of nitrogens with one attached hydrogen (secondary N) is 1. The number of para-hydroxylation sites is 2. The molecule has 1 rings (SSSR count). The van der Waals surface area contributed by atoms with Gasteiger partial charge in [0.05, 0.1) is 27.8 Å². The quantitative estimate of drug-likeness (QED) is 0.386. The van der Waals surface area contributed by atoms with E-state index in [0.29, 0.717) is 5.69 Å². The molecular formula is C6H5IN2O2. The zero-order valence-corrected chi connectivity index (χ0v) is 7.61. The molecule has 11 heavy (non-hydrogen) atoms. The summed E-state index contributed by atoms with van der Waals surface area (Å²) in [5.41, 5.74) is 0.625. The molecule has 4 nitrogen and oxygen atoms in total. The summed E-state index contributed by atoms with van der Waals surface area (Å²) in [5.74, 6) is 0. The van der Waals surface area contributed by atoms with Gasteiger partial charge in [0, 0.05) is 6.07 Å². The number of halogens is 1. The van der Waals surface area contributed by atoms with Gasteiger partial charge in [-0.1, -0.05) is 12.1 Å². The van der Waals surface area contributed by atoms with Gasteiger partial charge in [-0.3, -0.25) is 10.1 Å². The Bertz CT molecular complexity index is 277. The van der Waals surface area contributed by atoms with Gasteiger partial charge in [0.1, 0.15) is 5.69 Å². The number of hydrogen-bond acceptors (Lipinski definition) is 3. The Hall–Kier alpha value is -0.850. The summed E-state index contributed by atoms with van der Waals surface area (Å²) in [6.45, 7) is 0. The number of nitro groups is 1. The van der Waals surface area contributed by atoms with E-state index in [9.17, 15) is 10.1 Å². The maximum Gasteiger partial charge on any atom is 0.293 e. The molecule has 0 spiro atoms. The molecule has 0 aromatic heterocycles. The number of rotatable bonds is 2. The van der Waals surface area contributed by atoms with E-state index < -0.39 is 4.92 Å². The highest BCUT2D eigenvalue weighted by Gasteiger charge is 2.09. The fourth-order valence-corrected chi connectivity index (χ4v) is 1.17. The molecule has 0 fully saturated rings. The summed E-state index contributed by atoms with van der Waals surface area (Å²) in [5, 5.41) is 10.3. The van der Waals surface area contributed by atoms with Crippen molar-refractivity contribution in [3.8, 4) is 0 Å². The highest BCUT2D eigenvalue weighted by molar-refractivity contribution is 14.1. The van der Waals surface area contributed by atoms with Crippen LogP contribution in [0.5, 0.6) is 0 Å². The molecule has 0 saturated heterocycles. The van der Waals surface area contributed by atoms with Crippen molar-refractivity contribution in [2.75, 3.05) is 3.53 Å². The van der Waals surface area contributed by atoms with Gasteiger partial charge in [-0.15, -0.1) is 0 Å². The SMILES string of the molecule is O=[N+]([O-])c1ccccc1NI. The Morgan fingerprint density at radius 3 is 2.55 bits per heavy atom. The molecule has 1 N–H and O–H groups in total. The molecule has 1 aromatic carbocycles. The summed E-state index contributed by atoms with van der Waals surface area (Å²) < 4.78 is 2.71. The van der Waals surface area contributed by atoms with Crippen LogP contribution in [-0.2, 0) is 0 Å². The van der Waals surface area contributed by atoms with Gasteiger partial charge in [-0.25, -0.2) is 0 Å². The Labute approximate surface area is 77.3 Å². The van der Waals surface area contributed by atoms with Crippen molar-refractivity contribution in [3.63, 3.8) is 0 Å². The van der Waals surface area contributed by atoms with Gasteiger partial charge < -0.3 is 3.53 Å². The average Bonchev–Trinajstić information content (AvgIpc) is 2.04. The maximum absolute atomic E-state index is 10.3. The van der Waals surface area contributed by atoms with Crippen LogP contribution < -0.4 is 3.53 Å². The van der Waals surface area contributed by atoms with Crippen molar-refractivity contribution < 1.29 is 4.92 Å². The van der Waals surface area contributed by atoms with E-state index >= 15 is 0 Å². The lowest BCUT2D eigenvalue weighted by Crippen LogP contribution is -1.91. The highest BCUT2D eigenvalue weighted by Crippen LogP contribution is 2.23. The molecule has 58 valence electrons. The van der Waals surface area contributed by atoms with E-state index in [1.54, 1.807) is 18.2 Å². The van der Waals surface area contributed by atoms with Gasteiger partial charge in [0.2, 0.25) is 0 Å². The monoisotopic (exact) mass is 264 g/mol. The summed E-state index contributed by atoms with van der Waals surface area (Å²) in [6.07, 6.45) is 0. The van der Waals surface area contributed by atoms with E-state index in [4.69, 9.17) is 0 Å². The van der Waals surface area contributed by atoms with E-state index in [0.717, 1.165) is 0 Å². The van der Waals surface area contributed by atoms with Gasteiger partial charge in [-0.2, -0.15) is 0 Å². The standard InChI is InChI=1S/C6H5IN2O2/c7-8-5-3-1-2-4-6(5)9(10)11/h1-4,8H. The van der Waals surface area contributed by atoms with E-state index in [2.05, 4.69) is 3.53 Å². The first-order valence-corrected chi connectivity index (χ1v) is 3.93. The van der Waals surface area contributed by atoms with E-state index in [-0.39, 0.29) is 5.69 Å². The maximum atomic E-state index is 10.3. The number of nitrogens with zero attached hydrogens (tertiary/aromatic N) is 1. The third kappa shape index (κ3) is 1.79. The molecule has 1 aromatic rings. The minimum Gasteiger partial charge on any atom is -0.323 e. The summed E-state index contributed by atoms with van der Waals surface area (Å²) in [6, 6.07) is 6.50. The minimum absolute atomic E-state index is 0.0990. The van der Waals surface area contributed by atoms with Crippen molar-refractivity contribution in [3.05, 3.63) is 34.4 Å². The molecule has 0 saturated carbocycles. The molecule has 0 amide bonds. The van der Waals surface area contributed by atoms with Crippen LogP contribution >= 0.6 is 22.9 Å². The molecule has 0 heterocycles. The number of anilines is 1. The van der Waals surface area contributed by atoms with Crippen LogP contribution in [0.2, 0.25) is 0 Å². The van der Waals surface area contributed by atoms with Gasteiger partial charge in [0.25, 0.3) is 5.69 Å². The van der Waals surface area contributed by atoms with Crippen molar-refractivity contribution in [2.24, 2.45) is 0 Å². The van der Waals surface area contributed by atoms with E-state index in [1.807, 2.05) is 22.9 Å². The molecule has 0 radical (unpaired) electrons. The molecule has 0 unspecified atom stereocenters. The lowest BCUT2D eigenvalue weighted by molar-refractivity contribution is -0.383. The van der Waals surface area contributed by atoms with Crippen molar-refractivity contribution in [1.82, 2.24) is 0 Å². The Balaban J connectivity index is 3.12. The van der Waals surface area contributed by atoms with Crippen LogP contribution in [0, 0.1) is 10.1 Å². The topological polar surface area (TPSA) is 55.2 Å². The first kappa shape index (κ1) is 8.25. The van der Waals surface area contributed by atoms with Crippen molar-refractivity contribution in [2.45, 2.75) is 0 Å². The fraction of sp³-hybridized carbons (Fsp3) is 0. The second-order valence-electron chi connectivity index (χ2n) is 1.87. The zero-order chi connectivity index (χ0) is 8.27. The van der Waals surface area contributed by atoms with Gasteiger partial charge >= 0.3 is 0 Å². The summed E-state index contributed by atoms with van der Waals surface area (Å²) in [4.78, 5) is 9.93. The molecule has 5 heteroatoms. The fourth-order valence-electron chi connectivity index (χ4n) is 0.713. The molecule has 0 aliphatic heterocycles. The average molecular weight is 264 g/mol. The van der Waals surface area contributed by atoms with Crippen molar-refractivity contribution in [1.29, 1.82) is 0 Å². The molecule has 0 atom stereocenters. The third-order valence-electron chi connectivity index (χ3n) is 1.20. The first-order valence-electron chi connectivity index (χ1n) is 2.86. The Morgan fingerprint density at radius 1 is 1.45 bits per heavy atom. The molecule has 0 aliphatic carbocycles.